The summed E-state index contributed by atoms with van der Waals surface area (Å²) < 4.78 is 5.49. The van der Waals surface area contributed by atoms with Gasteiger partial charge >= 0.3 is 0 Å². The molecule has 4 nitrogen and oxygen atoms in total. The lowest BCUT2D eigenvalue weighted by atomic mass is 9.83. The van der Waals surface area contributed by atoms with Crippen molar-refractivity contribution in [1.82, 2.24) is 5.32 Å². The van der Waals surface area contributed by atoms with Crippen LogP contribution in [0.4, 0.5) is 0 Å². The fraction of sp³-hybridized carbons (Fsp3) is 0.938. The molecule has 0 aliphatic heterocycles. The van der Waals surface area contributed by atoms with Crippen molar-refractivity contribution in [2.24, 2.45) is 17.1 Å². The second-order valence-corrected chi connectivity index (χ2v) is 6.61. The van der Waals surface area contributed by atoms with Crippen LogP contribution in [0.15, 0.2) is 0 Å². The van der Waals surface area contributed by atoms with Crippen molar-refractivity contribution < 1.29 is 9.53 Å². The number of ether oxygens (including phenoxy) is 1. The van der Waals surface area contributed by atoms with E-state index in [1.165, 1.54) is 25.7 Å². The van der Waals surface area contributed by atoms with Crippen LogP contribution >= 0.6 is 0 Å². The molecule has 0 bridgehead atoms. The van der Waals surface area contributed by atoms with Crippen LogP contribution < -0.4 is 11.1 Å². The molecule has 0 unspecified atom stereocenters. The standard InChI is InChI=1S/C16H32N2O2/c1-4-20-10-9-16(7-5-6-8-16)12-18-15(19)14(17)11-13(2)3/h13-14H,4-12,17H2,1-3H3,(H,18,19)/t14-/m0/s1. The third kappa shape index (κ3) is 5.80. The van der Waals surface area contributed by atoms with E-state index in [1.54, 1.807) is 0 Å². The van der Waals surface area contributed by atoms with Crippen LogP contribution in [0.1, 0.15) is 59.3 Å². The van der Waals surface area contributed by atoms with E-state index < -0.39 is 0 Å². The molecule has 1 rings (SSSR count). The Bertz CT molecular complexity index is 286. The smallest absolute Gasteiger partial charge is 0.236 e. The van der Waals surface area contributed by atoms with E-state index in [9.17, 15) is 4.79 Å². The highest BCUT2D eigenvalue weighted by atomic mass is 16.5. The number of nitrogens with two attached hydrogens (primary N) is 1. The molecule has 1 saturated carbocycles. The molecule has 3 N–H and O–H groups in total. The number of nitrogens with one attached hydrogen (secondary N) is 1. The SMILES string of the molecule is CCOCCC1(CNC(=O)[C@@H](N)CC(C)C)CCCC1. The molecule has 0 aromatic carbocycles. The first-order chi connectivity index (χ1) is 9.49. The number of hydrogen-bond acceptors (Lipinski definition) is 3. The Labute approximate surface area is 123 Å². The third-order valence-corrected chi connectivity index (χ3v) is 4.34. The number of carbonyl (C=O) groups is 1. The van der Waals surface area contributed by atoms with Crippen molar-refractivity contribution in [2.45, 2.75) is 65.3 Å². The minimum Gasteiger partial charge on any atom is -0.382 e. The maximum absolute atomic E-state index is 12.0. The molecule has 4 heteroatoms. The largest absolute Gasteiger partial charge is 0.382 e. The minimum atomic E-state index is -0.375. The minimum absolute atomic E-state index is 0.00128. The van der Waals surface area contributed by atoms with Crippen LogP contribution in [0.3, 0.4) is 0 Å². The molecule has 0 aromatic rings. The zero-order valence-electron chi connectivity index (χ0n) is 13.4. The average Bonchev–Trinajstić information content (AvgIpc) is 2.85. The van der Waals surface area contributed by atoms with Gasteiger partial charge in [-0.05, 0) is 43.9 Å². The Kier molecular flexibility index (Phi) is 7.52. The van der Waals surface area contributed by atoms with E-state index in [1.807, 2.05) is 6.92 Å². The number of rotatable bonds is 9. The number of amides is 1. The molecule has 0 radical (unpaired) electrons. The second kappa shape index (κ2) is 8.63. The van der Waals surface area contributed by atoms with Gasteiger partial charge in [-0.3, -0.25) is 4.79 Å². The van der Waals surface area contributed by atoms with Gasteiger partial charge in [-0.25, -0.2) is 0 Å². The quantitative estimate of drug-likeness (QED) is 0.639. The van der Waals surface area contributed by atoms with E-state index in [0.29, 0.717) is 5.92 Å². The van der Waals surface area contributed by atoms with Gasteiger partial charge in [-0.1, -0.05) is 26.7 Å². The van der Waals surface area contributed by atoms with Crippen molar-refractivity contribution in [2.75, 3.05) is 19.8 Å². The van der Waals surface area contributed by atoms with E-state index in [4.69, 9.17) is 10.5 Å². The zero-order chi connectivity index (χ0) is 15.0. The van der Waals surface area contributed by atoms with Crippen LogP contribution in [-0.4, -0.2) is 31.7 Å². The predicted octanol–water partition coefficient (Wildman–Crippen LogP) is 2.46. The van der Waals surface area contributed by atoms with Gasteiger partial charge in [0.2, 0.25) is 5.91 Å². The molecule has 0 saturated heterocycles. The van der Waals surface area contributed by atoms with Crippen LogP contribution in [0.5, 0.6) is 0 Å². The van der Waals surface area contributed by atoms with Crippen LogP contribution in [0.25, 0.3) is 0 Å². The molecular formula is C16H32N2O2. The number of hydrogen-bond donors (Lipinski definition) is 2. The molecule has 1 amide bonds. The van der Waals surface area contributed by atoms with Gasteiger partial charge in [0.1, 0.15) is 0 Å². The lowest BCUT2D eigenvalue weighted by molar-refractivity contribution is -0.123. The molecule has 1 aliphatic carbocycles. The highest BCUT2D eigenvalue weighted by Gasteiger charge is 2.34. The summed E-state index contributed by atoms with van der Waals surface area (Å²) in [6, 6.07) is -0.375. The van der Waals surface area contributed by atoms with Crippen LogP contribution in [0, 0.1) is 11.3 Å². The monoisotopic (exact) mass is 284 g/mol. The fourth-order valence-electron chi connectivity index (χ4n) is 3.09. The van der Waals surface area contributed by atoms with E-state index in [-0.39, 0.29) is 17.4 Å². The van der Waals surface area contributed by atoms with E-state index in [0.717, 1.165) is 32.6 Å². The lowest BCUT2D eigenvalue weighted by Gasteiger charge is -2.30. The Balaban J connectivity index is 2.40. The zero-order valence-corrected chi connectivity index (χ0v) is 13.4. The summed E-state index contributed by atoms with van der Waals surface area (Å²) in [6.07, 6.45) is 6.71. The summed E-state index contributed by atoms with van der Waals surface area (Å²) in [5.74, 6) is 0.454. The maximum atomic E-state index is 12.0. The Morgan fingerprint density at radius 3 is 2.55 bits per heavy atom. The lowest BCUT2D eigenvalue weighted by Crippen LogP contribution is -2.45. The van der Waals surface area contributed by atoms with Gasteiger partial charge in [0.15, 0.2) is 0 Å². The first-order valence-corrected chi connectivity index (χ1v) is 8.10. The topological polar surface area (TPSA) is 64.3 Å². The summed E-state index contributed by atoms with van der Waals surface area (Å²) in [6.45, 7) is 8.52. The highest BCUT2D eigenvalue weighted by Crippen LogP contribution is 2.40. The molecule has 0 heterocycles. The molecule has 1 aliphatic rings. The summed E-state index contributed by atoms with van der Waals surface area (Å²) in [4.78, 5) is 12.0. The van der Waals surface area contributed by atoms with Crippen LogP contribution in [0.2, 0.25) is 0 Å². The molecule has 0 spiro atoms. The summed E-state index contributed by atoms with van der Waals surface area (Å²) in [5, 5.41) is 3.08. The highest BCUT2D eigenvalue weighted by molar-refractivity contribution is 5.81. The first-order valence-electron chi connectivity index (χ1n) is 8.10. The van der Waals surface area contributed by atoms with E-state index in [2.05, 4.69) is 19.2 Å². The number of carbonyl (C=O) groups excluding carboxylic acids is 1. The molecule has 0 aromatic heterocycles. The predicted molar refractivity (Wildman–Crippen MR) is 82.5 cm³/mol. The third-order valence-electron chi connectivity index (χ3n) is 4.34. The molecule has 1 fully saturated rings. The van der Waals surface area contributed by atoms with Gasteiger partial charge in [-0.15, -0.1) is 0 Å². The molecule has 20 heavy (non-hydrogen) atoms. The summed E-state index contributed by atoms with van der Waals surface area (Å²) in [7, 11) is 0. The first kappa shape index (κ1) is 17.4. The van der Waals surface area contributed by atoms with Crippen LogP contribution in [-0.2, 0) is 9.53 Å². The van der Waals surface area contributed by atoms with Gasteiger partial charge < -0.3 is 15.8 Å². The Morgan fingerprint density at radius 1 is 1.35 bits per heavy atom. The molecular weight excluding hydrogens is 252 g/mol. The van der Waals surface area contributed by atoms with Crippen molar-refractivity contribution in [3.8, 4) is 0 Å². The van der Waals surface area contributed by atoms with Gasteiger partial charge in [0.05, 0.1) is 6.04 Å². The fourth-order valence-corrected chi connectivity index (χ4v) is 3.09. The van der Waals surface area contributed by atoms with Crippen molar-refractivity contribution in [3.63, 3.8) is 0 Å². The summed E-state index contributed by atoms with van der Waals surface area (Å²) in [5.41, 5.74) is 6.17. The summed E-state index contributed by atoms with van der Waals surface area (Å²) >= 11 is 0. The van der Waals surface area contributed by atoms with Crippen molar-refractivity contribution in [3.05, 3.63) is 0 Å². The average molecular weight is 284 g/mol. The molecule has 1 atom stereocenters. The van der Waals surface area contributed by atoms with E-state index >= 15 is 0 Å². The Hall–Kier alpha value is -0.610. The maximum Gasteiger partial charge on any atom is 0.236 e. The molecule has 118 valence electrons. The normalized spacial score (nSPS) is 19.2. The van der Waals surface area contributed by atoms with Gasteiger partial charge in [0.25, 0.3) is 0 Å². The Morgan fingerprint density at radius 2 is 2.00 bits per heavy atom. The van der Waals surface area contributed by atoms with Gasteiger partial charge in [0, 0.05) is 19.8 Å². The second-order valence-electron chi connectivity index (χ2n) is 6.61. The van der Waals surface area contributed by atoms with Gasteiger partial charge in [-0.2, -0.15) is 0 Å². The van der Waals surface area contributed by atoms with Crippen molar-refractivity contribution >= 4 is 5.91 Å². The van der Waals surface area contributed by atoms with Crippen molar-refractivity contribution in [1.29, 1.82) is 0 Å².